The molecule has 2 atom stereocenters. The lowest BCUT2D eigenvalue weighted by atomic mass is 10.0. The minimum atomic E-state index is -0.383. The van der Waals surface area contributed by atoms with Gasteiger partial charge in [0, 0.05) is 24.8 Å². The first-order valence-corrected chi connectivity index (χ1v) is 7.52. The third-order valence-electron chi connectivity index (χ3n) is 4.92. The summed E-state index contributed by atoms with van der Waals surface area (Å²) in [5, 5.41) is 4.40. The third kappa shape index (κ3) is 2.04. The first kappa shape index (κ1) is 14.1. The largest absolute Gasteiger partial charge is 0.329 e. The molecule has 0 radical (unpaired) electrons. The van der Waals surface area contributed by atoms with E-state index in [1.165, 1.54) is 0 Å². The van der Waals surface area contributed by atoms with Crippen LogP contribution in [0.15, 0.2) is 0 Å². The summed E-state index contributed by atoms with van der Waals surface area (Å²) in [5.41, 5.74) is 3.03. The Labute approximate surface area is 124 Å². The van der Waals surface area contributed by atoms with Crippen molar-refractivity contribution in [3.8, 4) is 0 Å². The van der Waals surface area contributed by atoms with Crippen molar-refractivity contribution in [1.29, 1.82) is 0 Å². The van der Waals surface area contributed by atoms with Gasteiger partial charge in [-0.3, -0.25) is 14.3 Å². The Bertz CT molecular complexity index is 607. The number of aromatic nitrogens is 2. The van der Waals surface area contributed by atoms with Gasteiger partial charge in [-0.2, -0.15) is 5.10 Å². The van der Waals surface area contributed by atoms with Crippen molar-refractivity contribution in [1.82, 2.24) is 19.6 Å². The van der Waals surface area contributed by atoms with E-state index in [-0.39, 0.29) is 23.9 Å². The van der Waals surface area contributed by atoms with Crippen LogP contribution in [0.3, 0.4) is 0 Å². The highest BCUT2D eigenvalue weighted by Crippen LogP contribution is 2.28. The van der Waals surface area contributed by atoms with E-state index in [2.05, 4.69) is 5.10 Å². The second-order valence-electron chi connectivity index (χ2n) is 6.10. The van der Waals surface area contributed by atoms with Crippen LogP contribution in [-0.2, 0) is 23.2 Å². The van der Waals surface area contributed by atoms with Gasteiger partial charge >= 0.3 is 0 Å². The molecule has 0 aliphatic carbocycles. The molecule has 2 fully saturated rings. The van der Waals surface area contributed by atoms with Gasteiger partial charge in [0.1, 0.15) is 12.1 Å². The second-order valence-corrected chi connectivity index (χ2v) is 6.10. The molecule has 0 aromatic carbocycles. The first-order chi connectivity index (χ1) is 9.91. The summed E-state index contributed by atoms with van der Waals surface area (Å²) in [6.45, 7) is 6.97. The fraction of sp³-hybridized carbons (Fsp3) is 0.667. The van der Waals surface area contributed by atoms with Crippen LogP contribution in [0.1, 0.15) is 36.7 Å². The maximum atomic E-state index is 12.7. The Morgan fingerprint density at radius 3 is 2.57 bits per heavy atom. The fourth-order valence-electron chi connectivity index (χ4n) is 3.47. The van der Waals surface area contributed by atoms with E-state index in [4.69, 9.17) is 0 Å². The number of hydrogen-bond donors (Lipinski definition) is 0. The van der Waals surface area contributed by atoms with Gasteiger partial charge < -0.3 is 9.80 Å². The van der Waals surface area contributed by atoms with Gasteiger partial charge in [-0.05, 0) is 33.6 Å². The Morgan fingerprint density at radius 2 is 1.95 bits per heavy atom. The molecular weight excluding hydrogens is 268 g/mol. The molecule has 0 spiro atoms. The molecule has 2 aliphatic rings. The van der Waals surface area contributed by atoms with Crippen LogP contribution in [0.25, 0.3) is 0 Å². The van der Waals surface area contributed by atoms with E-state index in [1.807, 2.05) is 32.5 Å². The van der Waals surface area contributed by atoms with E-state index in [0.29, 0.717) is 6.54 Å². The summed E-state index contributed by atoms with van der Waals surface area (Å²) in [5.74, 6) is 0.165. The molecule has 2 aliphatic heterocycles. The lowest BCUT2D eigenvalue weighted by molar-refractivity contribution is -0.159. The number of fused-ring (bicyclic) bond motifs is 1. The third-order valence-corrected chi connectivity index (χ3v) is 4.92. The summed E-state index contributed by atoms with van der Waals surface area (Å²) in [7, 11) is 1.90. The van der Waals surface area contributed by atoms with Crippen LogP contribution in [0.2, 0.25) is 0 Å². The van der Waals surface area contributed by atoms with Gasteiger partial charge in [0.05, 0.1) is 12.2 Å². The van der Waals surface area contributed by atoms with Crippen LogP contribution < -0.4 is 0 Å². The lowest BCUT2D eigenvalue weighted by Gasteiger charge is -2.41. The summed E-state index contributed by atoms with van der Waals surface area (Å²) in [6.07, 6.45) is 1.71. The predicted molar refractivity (Wildman–Crippen MR) is 77.4 cm³/mol. The van der Waals surface area contributed by atoms with Crippen LogP contribution in [0.4, 0.5) is 0 Å². The van der Waals surface area contributed by atoms with Crippen molar-refractivity contribution < 1.29 is 9.59 Å². The number of piperazine rings is 1. The fourth-order valence-corrected chi connectivity index (χ4v) is 3.47. The highest BCUT2D eigenvalue weighted by atomic mass is 16.2. The number of amides is 2. The van der Waals surface area contributed by atoms with Crippen molar-refractivity contribution in [2.75, 3.05) is 6.54 Å². The minimum absolute atomic E-state index is 0.0799. The van der Waals surface area contributed by atoms with E-state index < -0.39 is 0 Å². The molecule has 0 bridgehead atoms. The Kier molecular flexibility index (Phi) is 3.26. The molecule has 1 aromatic rings. The smallest absolute Gasteiger partial charge is 0.246 e. The lowest BCUT2D eigenvalue weighted by Crippen LogP contribution is -2.61. The monoisotopic (exact) mass is 290 g/mol. The maximum Gasteiger partial charge on any atom is 0.246 e. The molecule has 2 amide bonds. The summed E-state index contributed by atoms with van der Waals surface area (Å²) >= 11 is 0. The SMILES string of the molecule is Cc1nn(C)c(C)c1CN1C(=O)[C@@H]2CCCN2C(=O)[C@@H]1C. The Balaban J connectivity index is 1.90. The van der Waals surface area contributed by atoms with Crippen LogP contribution in [0.5, 0.6) is 0 Å². The van der Waals surface area contributed by atoms with Crippen molar-refractivity contribution in [2.24, 2.45) is 7.05 Å². The van der Waals surface area contributed by atoms with Crippen molar-refractivity contribution in [3.63, 3.8) is 0 Å². The summed E-state index contributed by atoms with van der Waals surface area (Å²) < 4.78 is 1.83. The number of carbonyl (C=O) groups is 2. The van der Waals surface area contributed by atoms with Gasteiger partial charge in [-0.15, -0.1) is 0 Å². The average Bonchev–Trinajstić information content (AvgIpc) is 3.01. The number of carbonyl (C=O) groups excluding carboxylic acids is 2. The van der Waals surface area contributed by atoms with Crippen LogP contribution in [0, 0.1) is 13.8 Å². The molecule has 0 saturated carbocycles. The Hall–Kier alpha value is -1.85. The van der Waals surface area contributed by atoms with E-state index in [9.17, 15) is 9.59 Å². The first-order valence-electron chi connectivity index (χ1n) is 7.52. The quantitative estimate of drug-likeness (QED) is 0.808. The molecule has 2 saturated heterocycles. The van der Waals surface area contributed by atoms with Gasteiger partial charge in [0.25, 0.3) is 0 Å². The zero-order valence-electron chi connectivity index (χ0n) is 13.1. The molecule has 3 rings (SSSR count). The topological polar surface area (TPSA) is 58.4 Å². The maximum absolute atomic E-state index is 12.7. The van der Waals surface area contributed by atoms with E-state index >= 15 is 0 Å². The van der Waals surface area contributed by atoms with E-state index in [1.54, 1.807) is 9.80 Å². The standard InChI is InChI=1S/C15H22N4O2/c1-9-12(10(2)17(4)16-9)8-19-11(3)14(20)18-7-5-6-13(18)15(19)21/h11,13H,5-8H2,1-4H3/t11-,13-/m0/s1. The highest BCUT2D eigenvalue weighted by Gasteiger charge is 2.46. The number of rotatable bonds is 2. The predicted octanol–water partition coefficient (Wildman–Crippen LogP) is 0.759. The molecule has 0 N–H and O–H groups in total. The van der Waals surface area contributed by atoms with Gasteiger partial charge in [0.2, 0.25) is 11.8 Å². The van der Waals surface area contributed by atoms with Crippen LogP contribution in [-0.4, -0.2) is 50.0 Å². The number of hydrogen-bond acceptors (Lipinski definition) is 3. The molecule has 6 heteroatoms. The zero-order chi connectivity index (χ0) is 15.3. The minimum Gasteiger partial charge on any atom is -0.329 e. The molecule has 0 unspecified atom stereocenters. The molecule has 1 aromatic heterocycles. The zero-order valence-corrected chi connectivity index (χ0v) is 13.1. The van der Waals surface area contributed by atoms with Crippen LogP contribution >= 0.6 is 0 Å². The molecule has 114 valence electrons. The summed E-state index contributed by atoms with van der Waals surface area (Å²) in [4.78, 5) is 28.6. The van der Waals surface area contributed by atoms with E-state index in [0.717, 1.165) is 36.3 Å². The van der Waals surface area contributed by atoms with Crippen molar-refractivity contribution in [3.05, 3.63) is 17.0 Å². The van der Waals surface area contributed by atoms with Gasteiger partial charge in [-0.25, -0.2) is 0 Å². The summed E-state index contributed by atoms with van der Waals surface area (Å²) in [6, 6.07) is -0.628. The average molecular weight is 290 g/mol. The van der Waals surface area contributed by atoms with Gasteiger partial charge in [-0.1, -0.05) is 0 Å². The molecule has 21 heavy (non-hydrogen) atoms. The van der Waals surface area contributed by atoms with Gasteiger partial charge in [0.15, 0.2) is 0 Å². The Morgan fingerprint density at radius 1 is 1.24 bits per heavy atom. The number of nitrogens with zero attached hydrogens (tertiary/aromatic N) is 4. The van der Waals surface area contributed by atoms with Crippen molar-refractivity contribution in [2.45, 2.75) is 52.2 Å². The molecule has 6 nitrogen and oxygen atoms in total. The highest BCUT2D eigenvalue weighted by molar-refractivity contribution is 5.97. The molecule has 3 heterocycles. The van der Waals surface area contributed by atoms with Crippen molar-refractivity contribution >= 4 is 11.8 Å². The normalized spacial score (nSPS) is 25.7. The molecular formula is C15H22N4O2. The second kappa shape index (κ2) is 4.86. The number of aryl methyl sites for hydroxylation is 2.